The zero-order valence-corrected chi connectivity index (χ0v) is 14.6. The molecular formula is C17H27FN4O. The Hall–Kier alpha value is -2.11. The van der Waals surface area contributed by atoms with Gasteiger partial charge < -0.3 is 16.0 Å². The molecule has 0 bridgehead atoms. The highest BCUT2D eigenvalue weighted by molar-refractivity contribution is 5.84. The number of amides is 1. The lowest BCUT2D eigenvalue weighted by Gasteiger charge is -2.24. The van der Waals surface area contributed by atoms with Gasteiger partial charge in [-0.25, -0.2) is 4.39 Å². The third-order valence-electron chi connectivity index (χ3n) is 3.75. The van der Waals surface area contributed by atoms with Crippen LogP contribution in [0.5, 0.6) is 0 Å². The molecule has 0 saturated carbocycles. The lowest BCUT2D eigenvalue weighted by atomic mass is 9.92. The molecule has 128 valence electrons. The van der Waals surface area contributed by atoms with Gasteiger partial charge in [-0.05, 0) is 50.5 Å². The monoisotopic (exact) mass is 322 g/mol. The fourth-order valence-electron chi connectivity index (χ4n) is 2.20. The predicted octanol–water partition coefficient (Wildman–Crippen LogP) is 1.61. The highest BCUT2D eigenvalue weighted by Crippen LogP contribution is 2.13. The molecule has 1 aromatic rings. The van der Waals surface area contributed by atoms with E-state index in [-0.39, 0.29) is 11.7 Å². The summed E-state index contributed by atoms with van der Waals surface area (Å²) >= 11 is 0. The van der Waals surface area contributed by atoms with Crippen LogP contribution in [0.15, 0.2) is 23.2 Å². The van der Waals surface area contributed by atoms with E-state index in [2.05, 4.69) is 20.9 Å². The van der Waals surface area contributed by atoms with E-state index in [4.69, 9.17) is 0 Å². The molecule has 0 aliphatic heterocycles. The number of halogens is 1. The Kier molecular flexibility index (Phi) is 7.00. The van der Waals surface area contributed by atoms with Crippen LogP contribution in [0.3, 0.4) is 0 Å². The van der Waals surface area contributed by atoms with Gasteiger partial charge in [-0.3, -0.25) is 9.79 Å². The Morgan fingerprint density at radius 1 is 1.30 bits per heavy atom. The minimum atomic E-state index is -0.528. The molecule has 1 amide bonds. The van der Waals surface area contributed by atoms with E-state index in [1.807, 2.05) is 20.8 Å². The third kappa shape index (κ3) is 5.88. The quantitative estimate of drug-likeness (QED) is 0.551. The Balaban J connectivity index is 2.47. The number of aryl methyl sites for hydroxylation is 1. The van der Waals surface area contributed by atoms with Gasteiger partial charge in [-0.15, -0.1) is 0 Å². The average Bonchev–Trinajstić information content (AvgIpc) is 2.51. The summed E-state index contributed by atoms with van der Waals surface area (Å²) in [6, 6.07) is 4.81. The van der Waals surface area contributed by atoms with E-state index in [0.29, 0.717) is 19.0 Å². The molecule has 5 nitrogen and oxygen atoms in total. The van der Waals surface area contributed by atoms with Crippen molar-refractivity contribution >= 4 is 11.9 Å². The van der Waals surface area contributed by atoms with Crippen molar-refractivity contribution in [3.05, 3.63) is 35.1 Å². The molecule has 0 aromatic heterocycles. The SMILES string of the molecule is CN=C(NCCc1ccc(F)cc1C)NCC(C)(C)C(=O)NC. The number of benzene rings is 1. The van der Waals surface area contributed by atoms with E-state index >= 15 is 0 Å². The minimum Gasteiger partial charge on any atom is -0.359 e. The van der Waals surface area contributed by atoms with Gasteiger partial charge in [0.1, 0.15) is 5.82 Å². The smallest absolute Gasteiger partial charge is 0.227 e. The Labute approximate surface area is 137 Å². The molecule has 23 heavy (non-hydrogen) atoms. The highest BCUT2D eigenvalue weighted by Gasteiger charge is 2.26. The number of carbonyl (C=O) groups excluding carboxylic acids is 1. The Morgan fingerprint density at radius 3 is 2.57 bits per heavy atom. The Bertz CT molecular complexity index is 570. The van der Waals surface area contributed by atoms with Crippen molar-refractivity contribution < 1.29 is 9.18 Å². The first-order valence-corrected chi connectivity index (χ1v) is 7.72. The van der Waals surface area contributed by atoms with Crippen molar-refractivity contribution in [2.45, 2.75) is 27.2 Å². The van der Waals surface area contributed by atoms with E-state index in [1.54, 1.807) is 20.2 Å². The second-order valence-corrected chi connectivity index (χ2v) is 6.14. The zero-order valence-electron chi connectivity index (χ0n) is 14.6. The van der Waals surface area contributed by atoms with Gasteiger partial charge in [0.25, 0.3) is 0 Å². The van der Waals surface area contributed by atoms with Crippen molar-refractivity contribution in [1.29, 1.82) is 0 Å². The predicted molar refractivity (Wildman–Crippen MR) is 92.1 cm³/mol. The second kappa shape index (κ2) is 8.50. The summed E-state index contributed by atoms with van der Waals surface area (Å²) in [4.78, 5) is 15.9. The van der Waals surface area contributed by atoms with Crippen LogP contribution in [-0.4, -0.2) is 39.1 Å². The first-order valence-electron chi connectivity index (χ1n) is 7.72. The van der Waals surface area contributed by atoms with Crippen molar-refractivity contribution in [3.63, 3.8) is 0 Å². The second-order valence-electron chi connectivity index (χ2n) is 6.14. The third-order valence-corrected chi connectivity index (χ3v) is 3.75. The fourth-order valence-corrected chi connectivity index (χ4v) is 2.20. The zero-order chi connectivity index (χ0) is 17.5. The van der Waals surface area contributed by atoms with Crippen molar-refractivity contribution in [3.8, 4) is 0 Å². The molecule has 0 saturated heterocycles. The summed E-state index contributed by atoms with van der Waals surface area (Å²) < 4.78 is 13.1. The number of hydrogen-bond donors (Lipinski definition) is 3. The molecule has 0 heterocycles. The van der Waals surface area contributed by atoms with Gasteiger partial charge in [0.05, 0.1) is 5.41 Å². The maximum atomic E-state index is 13.1. The largest absolute Gasteiger partial charge is 0.359 e. The number of nitrogens with zero attached hydrogens (tertiary/aromatic N) is 1. The van der Waals surface area contributed by atoms with Gasteiger partial charge in [-0.1, -0.05) is 6.07 Å². The highest BCUT2D eigenvalue weighted by atomic mass is 19.1. The van der Waals surface area contributed by atoms with Crippen molar-refractivity contribution in [2.75, 3.05) is 27.2 Å². The number of carbonyl (C=O) groups is 1. The van der Waals surface area contributed by atoms with E-state index < -0.39 is 5.41 Å². The summed E-state index contributed by atoms with van der Waals surface area (Å²) in [5, 5.41) is 9.01. The van der Waals surface area contributed by atoms with E-state index in [0.717, 1.165) is 17.5 Å². The minimum absolute atomic E-state index is 0.0256. The molecule has 0 aliphatic rings. The van der Waals surface area contributed by atoms with Crippen molar-refractivity contribution in [1.82, 2.24) is 16.0 Å². The molecule has 0 atom stereocenters. The molecule has 3 N–H and O–H groups in total. The lowest BCUT2D eigenvalue weighted by molar-refractivity contribution is -0.128. The number of guanidine groups is 1. The van der Waals surface area contributed by atoms with Crippen LogP contribution in [0.4, 0.5) is 4.39 Å². The molecule has 1 aromatic carbocycles. The number of rotatable bonds is 6. The van der Waals surface area contributed by atoms with Gasteiger partial charge in [0, 0.05) is 27.2 Å². The molecule has 1 rings (SSSR count). The molecular weight excluding hydrogens is 295 g/mol. The Morgan fingerprint density at radius 2 is 2.00 bits per heavy atom. The number of nitrogens with one attached hydrogen (secondary N) is 3. The van der Waals surface area contributed by atoms with Gasteiger partial charge in [0.15, 0.2) is 5.96 Å². The topological polar surface area (TPSA) is 65.5 Å². The van der Waals surface area contributed by atoms with Gasteiger partial charge >= 0.3 is 0 Å². The van der Waals surface area contributed by atoms with Crippen LogP contribution in [0.1, 0.15) is 25.0 Å². The summed E-state index contributed by atoms with van der Waals surface area (Å²) in [7, 11) is 3.31. The van der Waals surface area contributed by atoms with Crippen LogP contribution in [0.25, 0.3) is 0 Å². The van der Waals surface area contributed by atoms with Gasteiger partial charge in [0.2, 0.25) is 5.91 Å². The first-order chi connectivity index (χ1) is 10.8. The summed E-state index contributed by atoms with van der Waals surface area (Å²) in [6.45, 7) is 6.79. The van der Waals surface area contributed by atoms with Crippen LogP contribution in [0, 0.1) is 18.2 Å². The molecule has 0 spiro atoms. The fraction of sp³-hybridized carbons (Fsp3) is 0.529. The summed E-state index contributed by atoms with van der Waals surface area (Å²) in [6.07, 6.45) is 0.769. The molecule has 0 radical (unpaired) electrons. The van der Waals surface area contributed by atoms with Gasteiger partial charge in [-0.2, -0.15) is 0 Å². The summed E-state index contributed by atoms with van der Waals surface area (Å²) in [5.74, 6) is 0.400. The van der Waals surface area contributed by atoms with Crippen LogP contribution in [-0.2, 0) is 11.2 Å². The number of aliphatic imine (C=N–C) groups is 1. The van der Waals surface area contributed by atoms with E-state index in [9.17, 15) is 9.18 Å². The standard InChI is InChI=1S/C17H27FN4O/c1-12-10-14(18)7-6-13(12)8-9-21-16(20-5)22-11-17(2,3)15(23)19-4/h6-7,10H,8-9,11H2,1-5H3,(H,19,23)(H2,20,21,22). The van der Waals surface area contributed by atoms with Crippen LogP contribution >= 0.6 is 0 Å². The normalized spacial score (nSPS) is 12.0. The average molecular weight is 322 g/mol. The maximum absolute atomic E-state index is 13.1. The lowest BCUT2D eigenvalue weighted by Crippen LogP contribution is -2.47. The molecule has 0 unspecified atom stereocenters. The van der Waals surface area contributed by atoms with E-state index in [1.165, 1.54) is 12.1 Å². The van der Waals surface area contributed by atoms with Crippen molar-refractivity contribution in [2.24, 2.45) is 10.4 Å². The first kappa shape index (κ1) is 18.9. The van der Waals surface area contributed by atoms with Crippen LogP contribution < -0.4 is 16.0 Å². The molecule has 6 heteroatoms. The summed E-state index contributed by atoms with van der Waals surface area (Å²) in [5.41, 5.74) is 1.51. The van der Waals surface area contributed by atoms with Crippen LogP contribution in [0.2, 0.25) is 0 Å². The maximum Gasteiger partial charge on any atom is 0.227 e. The molecule has 0 aliphatic carbocycles. The molecule has 0 fully saturated rings. The number of hydrogen-bond acceptors (Lipinski definition) is 2.